The average molecular weight is 846 g/mol. The standard InChI is InChI=1S/C47H76NO10P/c1-5-7-8-9-20-25-31-42(49)32-26-21-16-12-10-11-13-18-23-28-34-46(50)54-38-43(39-56-59(52,53)55-37-36-48)57-47(51)35-29-24-19-15-14-17-22-27-33-45-41(4)40(3)44(58-45)30-6-2/h7-8,10-11,16,18,20-21,23,25-26,32,42-43,49H,5-6,9,12-15,17,19,22,24,27-31,33-39,48H2,1-4H3,(H,52,53)/b8-7-,11-10-,21-16-,23-18-,25-20-,32-26+/t42?,43-/m1/s1. The molecule has 2 unspecified atom stereocenters. The summed E-state index contributed by atoms with van der Waals surface area (Å²) in [7, 11) is -4.42. The van der Waals surface area contributed by atoms with Crippen LogP contribution in [0.2, 0.25) is 0 Å². The zero-order valence-corrected chi connectivity index (χ0v) is 37.4. The van der Waals surface area contributed by atoms with Gasteiger partial charge in [0, 0.05) is 32.2 Å². The molecule has 11 nitrogen and oxygen atoms in total. The number of aliphatic hydroxyl groups excluding tert-OH is 1. The van der Waals surface area contributed by atoms with E-state index in [1.807, 2.05) is 48.6 Å². The molecule has 4 N–H and O–H groups in total. The van der Waals surface area contributed by atoms with Crippen LogP contribution in [-0.2, 0) is 45.5 Å². The highest BCUT2D eigenvalue weighted by molar-refractivity contribution is 7.47. The molecule has 0 aliphatic rings. The van der Waals surface area contributed by atoms with E-state index in [4.69, 9.17) is 28.7 Å². The number of nitrogens with two attached hydrogens (primary N) is 1. The first-order valence-corrected chi connectivity index (χ1v) is 23.4. The van der Waals surface area contributed by atoms with Crippen molar-refractivity contribution in [1.82, 2.24) is 0 Å². The molecule has 1 heterocycles. The number of carbonyl (C=O) groups excluding carboxylic acids is 2. The van der Waals surface area contributed by atoms with Crippen LogP contribution in [-0.4, -0.2) is 60.5 Å². The van der Waals surface area contributed by atoms with Gasteiger partial charge in [-0.15, -0.1) is 0 Å². The van der Waals surface area contributed by atoms with Gasteiger partial charge in [0.2, 0.25) is 0 Å². The minimum atomic E-state index is -4.42. The van der Waals surface area contributed by atoms with Gasteiger partial charge in [-0.1, -0.05) is 125 Å². The van der Waals surface area contributed by atoms with Crippen LogP contribution in [0.1, 0.15) is 146 Å². The fourth-order valence-corrected chi connectivity index (χ4v) is 6.67. The third-order valence-corrected chi connectivity index (χ3v) is 10.4. The van der Waals surface area contributed by atoms with Gasteiger partial charge in [0.15, 0.2) is 6.10 Å². The van der Waals surface area contributed by atoms with Crippen molar-refractivity contribution >= 4 is 19.8 Å². The number of ether oxygens (including phenoxy) is 2. The van der Waals surface area contributed by atoms with Crippen LogP contribution >= 0.6 is 7.82 Å². The molecule has 1 rings (SSSR count). The zero-order valence-electron chi connectivity index (χ0n) is 36.5. The van der Waals surface area contributed by atoms with E-state index in [9.17, 15) is 24.2 Å². The van der Waals surface area contributed by atoms with Gasteiger partial charge in [-0.3, -0.25) is 18.6 Å². The number of esters is 2. The molecule has 0 amide bonds. The number of allylic oxidation sites excluding steroid dienone is 10. The van der Waals surface area contributed by atoms with E-state index in [1.165, 1.54) is 17.5 Å². The summed E-state index contributed by atoms with van der Waals surface area (Å²) < 4.78 is 38.8. The summed E-state index contributed by atoms with van der Waals surface area (Å²) in [5.41, 5.74) is 7.95. The second kappa shape index (κ2) is 35.4. The quantitative estimate of drug-likeness (QED) is 0.0193. The second-order valence-electron chi connectivity index (χ2n) is 14.6. The summed E-state index contributed by atoms with van der Waals surface area (Å²) in [6, 6.07) is 0. The van der Waals surface area contributed by atoms with Crippen molar-refractivity contribution in [2.45, 2.75) is 162 Å². The van der Waals surface area contributed by atoms with Crippen molar-refractivity contribution in [3.63, 3.8) is 0 Å². The molecule has 334 valence electrons. The summed E-state index contributed by atoms with van der Waals surface area (Å²) in [4.78, 5) is 34.9. The van der Waals surface area contributed by atoms with Crippen LogP contribution in [0.5, 0.6) is 0 Å². The topological polar surface area (TPSA) is 168 Å². The zero-order chi connectivity index (χ0) is 43.4. The van der Waals surface area contributed by atoms with Crippen LogP contribution < -0.4 is 5.73 Å². The highest BCUT2D eigenvalue weighted by Gasteiger charge is 2.26. The number of carbonyl (C=O) groups is 2. The number of rotatable bonds is 36. The Morgan fingerprint density at radius 3 is 2.02 bits per heavy atom. The van der Waals surface area contributed by atoms with Gasteiger partial charge in [0.05, 0.1) is 19.3 Å². The Hall–Kier alpha value is -3.31. The van der Waals surface area contributed by atoms with Gasteiger partial charge in [0.25, 0.3) is 0 Å². The number of phosphoric acid groups is 1. The lowest BCUT2D eigenvalue weighted by Gasteiger charge is -2.19. The Bertz CT molecular complexity index is 1490. The number of hydrogen-bond donors (Lipinski definition) is 3. The Balaban J connectivity index is 2.32. The van der Waals surface area contributed by atoms with Gasteiger partial charge < -0.3 is 29.6 Å². The van der Waals surface area contributed by atoms with E-state index in [1.54, 1.807) is 6.08 Å². The van der Waals surface area contributed by atoms with E-state index in [0.717, 1.165) is 88.6 Å². The largest absolute Gasteiger partial charge is 0.472 e. The third kappa shape index (κ3) is 29.5. The molecule has 59 heavy (non-hydrogen) atoms. The summed E-state index contributed by atoms with van der Waals surface area (Å²) >= 11 is 0. The van der Waals surface area contributed by atoms with Crippen molar-refractivity contribution in [3.8, 4) is 0 Å². The van der Waals surface area contributed by atoms with E-state index >= 15 is 0 Å². The molecule has 0 saturated heterocycles. The van der Waals surface area contributed by atoms with Crippen molar-refractivity contribution in [1.29, 1.82) is 0 Å². The Morgan fingerprint density at radius 2 is 1.34 bits per heavy atom. The average Bonchev–Trinajstić information content (AvgIpc) is 3.48. The number of aryl methyl sites for hydroxylation is 2. The van der Waals surface area contributed by atoms with Crippen molar-refractivity contribution in [2.24, 2.45) is 5.73 Å². The Kier molecular flexibility index (Phi) is 32.3. The van der Waals surface area contributed by atoms with E-state index in [2.05, 4.69) is 45.9 Å². The van der Waals surface area contributed by atoms with Crippen molar-refractivity contribution < 1.29 is 47.1 Å². The van der Waals surface area contributed by atoms with E-state index in [0.29, 0.717) is 25.7 Å². The second-order valence-corrected chi connectivity index (χ2v) is 16.1. The molecule has 1 aromatic heterocycles. The predicted octanol–water partition coefficient (Wildman–Crippen LogP) is 10.9. The molecule has 0 bridgehead atoms. The smallest absolute Gasteiger partial charge is 0.466 e. The minimum absolute atomic E-state index is 0.0259. The summed E-state index contributed by atoms with van der Waals surface area (Å²) in [5, 5.41) is 10.00. The maximum absolute atomic E-state index is 12.6. The van der Waals surface area contributed by atoms with Crippen LogP contribution in [0, 0.1) is 13.8 Å². The highest BCUT2D eigenvalue weighted by atomic mass is 31.2. The summed E-state index contributed by atoms with van der Waals surface area (Å²) in [6.07, 6.45) is 38.3. The SMILES string of the molecule is CC/C=C\C/C=C\CC(O)/C=C/C=C\C/C=C\C/C=C\CCC(=O)OC[C@H](COP(=O)(O)OCCN)OC(=O)CCCCCCCCCCc1oc(CCC)c(C)c1C. The van der Waals surface area contributed by atoms with Gasteiger partial charge in [-0.25, -0.2) is 4.57 Å². The monoisotopic (exact) mass is 846 g/mol. The number of hydrogen-bond acceptors (Lipinski definition) is 10. The molecule has 0 aromatic carbocycles. The minimum Gasteiger partial charge on any atom is -0.466 e. The molecule has 0 spiro atoms. The van der Waals surface area contributed by atoms with Crippen molar-refractivity contribution in [3.05, 3.63) is 95.6 Å². The first-order valence-electron chi connectivity index (χ1n) is 21.9. The van der Waals surface area contributed by atoms with Crippen LogP contribution in [0.3, 0.4) is 0 Å². The summed E-state index contributed by atoms with van der Waals surface area (Å²) in [6.45, 7) is 7.63. The number of furan rings is 1. The fourth-order valence-electron chi connectivity index (χ4n) is 5.91. The van der Waals surface area contributed by atoms with Gasteiger partial charge in [0.1, 0.15) is 18.1 Å². The van der Waals surface area contributed by atoms with Gasteiger partial charge in [-0.05, 0) is 82.8 Å². The molecule has 0 aliphatic heterocycles. The molecule has 0 fully saturated rings. The number of aliphatic hydroxyl groups is 1. The van der Waals surface area contributed by atoms with Crippen LogP contribution in [0.4, 0.5) is 0 Å². The van der Waals surface area contributed by atoms with Crippen LogP contribution in [0.15, 0.2) is 77.3 Å². The van der Waals surface area contributed by atoms with E-state index < -0.39 is 38.6 Å². The molecule has 0 radical (unpaired) electrons. The normalized spacial score (nSPS) is 14.5. The van der Waals surface area contributed by atoms with Crippen LogP contribution in [0.25, 0.3) is 0 Å². The lowest BCUT2D eigenvalue weighted by molar-refractivity contribution is -0.161. The van der Waals surface area contributed by atoms with E-state index in [-0.39, 0.29) is 32.6 Å². The molecule has 0 aliphatic carbocycles. The number of unbranched alkanes of at least 4 members (excludes halogenated alkanes) is 7. The lowest BCUT2D eigenvalue weighted by atomic mass is 10.0. The molecular formula is C47H76NO10P. The lowest BCUT2D eigenvalue weighted by Crippen LogP contribution is -2.29. The first kappa shape index (κ1) is 53.7. The molecular weight excluding hydrogens is 769 g/mol. The maximum Gasteiger partial charge on any atom is 0.472 e. The summed E-state index contributed by atoms with van der Waals surface area (Å²) in [5.74, 6) is 1.28. The fraction of sp³-hybridized carbons (Fsp3) is 0.617. The molecule has 12 heteroatoms. The van der Waals surface area contributed by atoms with Crippen molar-refractivity contribution in [2.75, 3.05) is 26.4 Å². The predicted molar refractivity (Wildman–Crippen MR) is 238 cm³/mol. The van der Waals surface area contributed by atoms with Gasteiger partial charge in [-0.2, -0.15) is 0 Å². The third-order valence-electron chi connectivity index (χ3n) is 9.37. The molecule has 1 aromatic rings. The Labute approximate surface area is 355 Å². The molecule has 3 atom stereocenters. The first-order chi connectivity index (χ1) is 28.5. The Morgan fingerprint density at radius 1 is 0.729 bits per heavy atom. The molecule has 0 saturated carbocycles. The highest BCUT2D eigenvalue weighted by Crippen LogP contribution is 2.43. The maximum atomic E-state index is 12.6. The number of phosphoric ester groups is 1. The van der Waals surface area contributed by atoms with Gasteiger partial charge >= 0.3 is 19.8 Å².